The van der Waals surface area contributed by atoms with Gasteiger partial charge in [0.25, 0.3) is 5.89 Å². The van der Waals surface area contributed by atoms with Crippen LogP contribution in [-0.2, 0) is 0 Å². The maximum Gasteiger partial charge on any atom is 0.437 e. The monoisotopic (exact) mass is 462 g/mol. The van der Waals surface area contributed by atoms with E-state index in [9.17, 15) is 18.0 Å². The van der Waals surface area contributed by atoms with Crippen molar-refractivity contribution in [3.8, 4) is 23.0 Å². The highest BCUT2D eigenvalue weighted by Gasteiger charge is 2.30. The van der Waals surface area contributed by atoms with Crippen molar-refractivity contribution in [1.82, 2.24) is 14.7 Å². The van der Waals surface area contributed by atoms with Crippen LogP contribution in [0.25, 0.3) is 11.5 Å². The Morgan fingerprint density at radius 1 is 1.19 bits per heavy atom. The number of ether oxygens (including phenoxy) is 2. The van der Waals surface area contributed by atoms with E-state index in [1.165, 1.54) is 10.7 Å². The van der Waals surface area contributed by atoms with Crippen LogP contribution in [0.5, 0.6) is 11.5 Å². The molecule has 0 unspecified atom stereocenters. The van der Waals surface area contributed by atoms with E-state index in [0.717, 1.165) is 0 Å². The lowest BCUT2D eigenvalue weighted by Gasteiger charge is -2.31. The first-order valence-corrected chi connectivity index (χ1v) is 10.4. The molecule has 0 spiro atoms. The van der Waals surface area contributed by atoms with Crippen molar-refractivity contribution < 1.29 is 27.1 Å². The smallest absolute Gasteiger partial charge is 0.437 e. The molecular formula is C19H22ClF3N4O4. The molecule has 0 radical (unpaired) electrons. The highest BCUT2D eigenvalue weighted by Crippen LogP contribution is 2.46. The fraction of sp³-hybridized carbons (Fsp3) is 0.579. The van der Waals surface area contributed by atoms with Gasteiger partial charge >= 0.3 is 11.9 Å². The molecule has 4 rings (SSSR count). The van der Waals surface area contributed by atoms with Gasteiger partial charge in [0.05, 0.1) is 22.3 Å². The van der Waals surface area contributed by atoms with Gasteiger partial charge in [-0.15, -0.1) is 5.10 Å². The van der Waals surface area contributed by atoms with Crippen molar-refractivity contribution in [1.29, 1.82) is 0 Å². The van der Waals surface area contributed by atoms with Gasteiger partial charge in [-0.3, -0.25) is 0 Å². The fourth-order valence-corrected chi connectivity index (χ4v) is 4.07. The molecular weight excluding hydrogens is 441 g/mol. The zero-order valence-electron chi connectivity index (χ0n) is 16.6. The van der Waals surface area contributed by atoms with Gasteiger partial charge in [-0.25, -0.2) is 4.79 Å². The second-order valence-electron chi connectivity index (χ2n) is 7.58. The number of rotatable bonds is 5. The molecule has 1 fully saturated rings. The Kier molecular flexibility index (Phi) is 6.07. The molecule has 2 aromatic rings. The number of piperidine rings is 1. The zero-order chi connectivity index (χ0) is 22.2. The van der Waals surface area contributed by atoms with Gasteiger partial charge in [-0.05, 0) is 31.9 Å². The molecule has 170 valence electrons. The molecule has 0 atom stereocenters. The first-order valence-electron chi connectivity index (χ1n) is 9.99. The molecule has 0 bridgehead atoms. The van der Waals surface area contributed by atoms with E-state index in [1.807, 2.05) is 4.90 Å². The summed E-state index contributed by atoms with van der Waals surface area (Å²) in [5.74, 6) is 0.0318. The molecule has 2 aliphatic rings. The normalized spacial score (nSPS) is 17.8. The number of fused-ring (bicyclic) bond motifs is 1. The Labute approximate surface area is 180 Å². The van der Waals surface area contributed by atoms with E-state index in [2.05, 4.69) is 5.10 Å². The van der Waals surface area contributed by atoms with Gasteiger partial charge in [0, 0.05) is 19.5 Å². The number of anilines is 1. The maximum absolute atomic E-state index is 12.5. The molecule has 2 aliphatic heterocycles. The summed E-state index contributed by atoms with van der Waals surface area (Å²) in [4.78, 5) is 14.4. The predicted molar refractivity (Wildman–Crippen MR) is 107 cm³/mol. The van der Waals surface area contributed by atoms with Crippen LogP contribution in [0.2, 0.25) is 5.02 Å². The molecule has 3 heterocycles. The van der Waals surface area contributed by atoms with Crippen LogP contribution >= 0.6 is 11.6 Å². The average molecular weight is 463 g/mol. The maximum atomic E-state index is 12.5. The number of nitrogens with zero attached hydrogens (tertiary/aromatic N) is 3. The SMILES string of the molecule is Nc1c(Cl)cc(-c2nn(C3CCN(CCCC(F)(F)F)CC3)c(=O)o2)c2c1OCCO2. The third kappa shape index (κ3) is 4.77. The van der Waals surface area contributed by atoms with E-state index in [4.69, 9.17) is 31.2 Å². The molecule has 2 N–H and O–H groups in total. The molecule has 12 heteroatoms. The number of aromatic nitrogens is 2. The molecule has 1 aromatic heterocycles. The summed E-state index contributed by atoms with van der Waals surface area (Å²) < 4.78 is 54.8. The van der Waals surface area contributed by atoms with Gasteiger partial charge in [-0.2, -0.15) is 17.9 Å². The number of hydrogen-bond acceptors (Lipinski definition) is 7. The minimum atomic E-state index is -4.14. The summed E-state index contributed by atoms with van der Waals surface area (Å²) in [6.07, 6.45) is -3.70. The number of nitrogens with two attached hydrogens (primary N) is 1. The molecule has 1 saturated heterocycles. The van der Waals surface area contributed by atoms with Crippen LogP contribution in [0.4, 0.5) is 18.9 Å². The molecule has 31 heavy (non-hydrogen) atoms. The Balaban J connectivity index is 1.48. The van der Waals surface area contributed by atoms with E-state index < -0.39 is 18.4 Å². The van der Waals surface area contributed by atoms with Gasteiger partial charge < -0.3 is 24.5 Å². The lowest BCUT2D eigenvalue weighted by molar-refractivity contribution is -0.136. The second kappa shape index (κ2) is 8.62. The van der Waals surface area contributed by atoms with Crippen molar-refractivity contribution in [2.75, 3.05) is 38.6 Å². The Bertz CT molecular complexity index is 999. The van der Waals surface area contributed by atoms with Crippen molar-refractivity contribution in [2.24, 2.45) is 0 Å². The quantitative estimate of drug-likeness (QED) is 0.679. The Hall–Kier alpha value is -2.40. The lowest BCUT2D eigenvalue weighted by atomic mass is 10.1. The van der Waals surface area contributed by atoms with Gasteiger partial charge in [-0.1, -0.05) is 11.6 Å². The van der Waals surface area contributed by atoms with Crippen LogP contribution in [0.1, 0.15) is 31.7 Å². The topological polar surface area (TPSA) is 95.8 Å². The summed E-state index contributed by atoms with van der Waals surface area (Å²) in [5, 5.41) is 4.56. The molecule has 0 aliphatic carbocycles. The summed E-state index contributed by atoms with van der Waals surface area (Å²) in [5.41, 5.74) is 6.56. The van der Waals surface area contributed by atoms with E-state index in [-0.39, 0.29) is 34.8 Å². The molecule has 0 saturated carbocycles. The van der Waals surface area contributed by atoms with Crippen molar-refractivity contribution >= 4 is 17.3 Å². The summed E-state index contributed by atoms with van der Waals surface area (Å²) in [6.45, 7) is 2.16. The second-order valence-corrected chi connectivity index (χ2v) is 7.99. The average Bonchev–Trinajstić information content (AvgIpc) is 3.12. The van der Waals surface area contributed by atoms with Crippen LogP contribution < -0.4 is 21.0 Å². The number of alkyl halides is 3. The summed E-state index contributed by atoms with van der Waals surface area (Å²) >= 11 is 6.19. The van der Waals surface area contributed by atoms with Crippen LogP contribution in [0.3, 0.4) is 0 Å². The number of halogens is 4. The van der Waals surface area contributed by atoms with Crippen LogP contribution in [-0.4, -0.2) is 53.7 Å². The van der Waals surface area contributed by atoms with Crippen molar-refractivity contribution in [3.05, 3.63) is 21.6 Å². The summed E-state index contributed by atoms with van der Waals surface area (Å²) in [7, 11) is 0. The molecule has 0 amide bonds. The summed E-state index contributed by atoms with van der Waals surface area (Å²) in [6, 6.07) is 1.31. The van der Waals surface area contributed by atoms with Crippen LogP contribution in [0.15, 0.2) is 15.3 Å². The largest absolute Gasteiger partial charge is 0.485 e. The highest BCUT2D eigenvalue weighted by atomic mass is 35.5. The first kappa shape index (κ1) is 21.8. The number of benzene rings is 1. The molecule has 1 aromatic carbocycles. The van der Waals surface area contributed by atoms with E-state index >= 15 is 0 Å². The third-order valence-corrected chi connectivity index (χ3v) is 5.75. The molecule has 8 nitrogen and oxygen atoms in total. The van der Waals surface area contributed by atoms with Crippen molar-refractivity contribution in [3.63, 3.8) is 0 Å². The van der Waals surface area contributed by atoms with E-state index in [0.29, 0.717) is 57.0 Å². The minimum Gasteiger partial charge on any atom is -0.485 e. The predicted octanol–water partition coefficient (Wildman–Crippen LogP) is 3.49. The van der Waals surface area contributed by atoms with Gasteiger partial charge in [0.2, 0.25) is 0 Å². The highest BCUT2D eigenvalue weighted by molar-refractivity contribution is 6.34. The Morgan fingerprint density at radius 3 is 2.55 bits per heavy atom. The van der Waals surface area contributed by atoms with Crippen LogP contribution in [0, 0.1) is 0 Å². The minimum absolute atomic E-state index is 0.0428. The fourth-order valence-electron chi connectivity index (χ4n) is 3.87. The number of likely N-dealkylation sites (tertiary alicyclic amines) is 1. The number of hydrogen-bond donors (Lipinski definition) is 1. The van der Waals surface area contributed by atoms with Crippen molar-refractivity contribution in [2.45, 2.75) is 37.9 Å². The first-order chi connectivity index (χ1) is 14.7. The number of nitrogen functional groups attached to an aromatic ring is 1. The lowest BCUT2D eigenvalue weighted by Crippen LogP contribution is -2.37. The Morgan fingerprint density at radius 2 is 1.87 bits per heavy atom. The third-order valence-electron chi connectivity index (χ3n) is 5.44. The van der Waals surface area contributed by atoms with E-state index in [1.54, 1.807) is 0 Å². The zero-order valence-corrected chi connectivity index (χ0v) is 17.3. The van der Waals surface area contributed by atoms with Gasteiger partial charge in [0.15, 0.2) is 11.5 Å². The van der Waals surface area contributed by atoms with Gasteiger partial charge in [0.1, 0.15) is 13.2 Å². The standard InChI is InChI=1S/C19H22ClF3N4O4/c20-13-10-12(15-16(14(13)24)30-9-8-29-15)17-25-27(18(28)31-17)11-2-6-26(7-3-11)5-1-4-19(21,22)23/h10-11H,1-9,24H2.